The number of thiazole rings is 1. The predicted molar refractivity (Wildman–Crippen MR) is 89.7 cm³/mol. The van der Waals surface area contributed by atoms with Gasteiger partial charge in [0.1, 0.15) is 10.8 Å². The van der Waals surface area contributed by atoms with Gasteiger partial charge in [-0.25, -0.2) is 9.37 Å². The molecule has 3 N–H and O–H groups in total. The lowest BCUT2D eigenvalue weighted by Crippen LogP contribution is -2.42. The van der Waals surface area contributed by atoms with Gasteiger partial charge >= 0.3 is 0 Å². The van der Waals surface area contributed by atoms with Gasteiger partial charge in [-0.05, 0) is 37.1 Å². The normalized spacial score (nSPS) is 20.0. The van der Waals surface area contributed by atoms with Crippen molar-refractivity contribution in [2.24, 2.45) is 11.7 Å². The van der Waals surface area contributed by atoms with E-state index in [-0.39, 0.29) is 36.0 Å². The topological polar surface area (TPSA) is 85.1 Å². The third kappa shape index (κ3) is 3.79. The van der Waals surface area contributed by atoms with Gasteiger partial charge in [0.25, 0.3) is 0 Å². The van der Waals surface area contributed by atoms with E-state index in [2.05, 4.69) is 10.3 Å². The number of carbonyl (C=O) groups is 2. The maximum atomic E-state index is 13.0. The Morgan fingerprint density at radius 1 is 1.29 bits per heavy atom. The van der Waals surface area contributed by atoms with Gasteiger partial charge in [-0.15, -0.1) is 11.3 Å². The summed E-state index contributed by atoms with van der Waals surface area (Å²) in [6.07, 6.45) is 2.56. The molecule has 1 saturated carbocycles. The minimum atomic E-state index is -0.356. The second-order valence-corrected chi connectivity index (χ2v) is 6.87. The molecule has 126 valence electrons. The number of rotatable bonds is 5. The summed E-state index contributed by atoms with van der Waals surface area (Å²) in [5.41, 5.74) is 6.90. The van der Waals surface area contributed by atoms with Gasteiger partial charge in [0.15, 0.2) is 0 Å². The first-order chi connectivity index (χ1) is 11.5. The lowest BCUT2D eigenvalue weighted by molar-refractivity contribution is -0.124. The molecule has 5 nitrogen and oxygen atoms in total. The number of carbonyl (C=O) groups excluding carboxylic acids is 2. The van der Waals surface area contributed by atoms with Crippen LogP contribution in [-0.2, 0) is 16.0 Å². The Bertz CT molecular complexity index is 745. The summed E-state index contributed by atoms with van der Waals surface area (Å²) in [7, 11) is 0. The molecule has 2 aromatic rings. The standard InChI is InChI=1S/C17H18FN3O2S/c18-11-6-4-10(5-7-11)14-9-24-16(21-14)8-15(22)20-13-3-1-2-12(13)17(19)23/h4-7,9,12-13H,1-3,8H2,(H2,19,23)(H,20,22)/t12-,13+/m0/s1. The van der Waals surface area contributed by atoms with Gasteiger partial charge in [0.05, 0.1) is 18.0 Å². The predicted octanol–water partition coefficient (Wildman–Crippen LogP) is 2.26. The molecule has 2 atom stereocenters. The maximum Gasteiger partial charge on any atom is 0.227 e. The first-order valence-electron chi connectivity index (χ1n) is 7.82. The van der Waals surface area contributed by atoms with Crippen molar-refractivity contribution in [1.82, 2.24) is 10.3 Å². The van der Waals surface area contributed by atoms with E-state index in [9.17, 15) is 14.0 Å². The summed E-state index contributed by atoms with van der Waals surface area (Å²) in [5.74, 6) is -1.09. The minimum Gasteiger partial charge on any atom is -0.369 e. The van der Waals surface area contributed by atoms with Crippen LogP contribution in [0.2, 0.25) is 0 Å². The van der Waals surface area contributed by atoms with Crippen LogP contribution in [0.4, 0.5) is 4.39 Å². The van der Waals surface area contributed by atoms with Crippen LogP contribution in [0.5, 0.6) is 0 Å². The van der Waals surface area contributed by atoms with E-state index in [0.29, 0.717) is 5.01 Å². The van der Waals surface area contributed by atoms with Crippen LogP contribution in [0.1, 0.15) is 24.3 Å². The van der Waals surface area contributed by atoms with Crippen molar-refractivity contribution in [2.75, 3.05) is 0 Å². The Morgan fingerprint density at radius 2 is 2.04 bits per heavy atom. The van der Waals surface area contributed by atoms with Gasteiger partial charge in [-0.3, -0.25) is 9.59 Å². The maximum absolute atomic E-state index is 13.0. The minimum absolute atomic E-state index is 0.159. The molecule has 1 aromatic heterocycles. The molecule has 0 unspecified atom stereocenters. The van der Waals surface area contributed by atoms with E-state index < -0.39 is 0 Å². The summed E-state index contributed by atoms with van der Waals surface area (Å²) in [6, 6.07) is 5.90. The highest BCUT2D eigenvalue weighted by Gasteiger charge is 2.32. The summed E-state index contributed by atoms with van der Waals surface area (Å²) in [6.45, 7) is 0. The molecule has 0 spiro atoms. The molecule has 0 aliphatic heterocycles. The Hall–Kier alpha value is -2.28. The van der Waals surface area contributed by atoms with Crippen molar-refractivity contribution in [2.45, 2.75) is 31.7 Å². The smallest absolute Gasteiger partial charge is 0.227 e. The number of amides is 2. The highest BCUT2D eigenvalue weighted by Crippen LogP contribution is 2.26. The fourth-order valence-electron chi connectivity index (χ4n) is 3.01. The molecule has 7 heteroatoms. The summed E-state index contributed by atoms with van der Waals surface area (Å²) in [5, 5.41) is 5.42. The molecule has 3 rings (SSSR count). The summed E-state index contributed by atoms with van der Waals surface area (Å²) < 4.78 is 13.0. The van der Waals surface area contributed by atoms with Gasteiger partial charge in [-0.1, -0.05) is 6.42 Å². The van der Waals surface area contributed by atoms with Crippen LogP contribution in [0.3, 0.4) is 0 Å². The zero-order chi connectivity index (χ0) is 17.1. The fourth-order valence-corrected chi connectivity index (χ4v) is 3.82. The second kappa shape index (κ2) is 7.09. The summed E-state index contributed by atoms with van der Waals surface area (Å²) >= 11 is 1.38. The van der Waals surface area contributed by atoms with Gasteiger partial charge in [-0.2, -0.15) is 0 Å². The molecule has 24 heavy (non-hydrogen) atoms. The molecule has 2 amide bonds. The van der Waals surface area contributed by atoms with E-state index in [1.54, 1.807) is 12.1 Å². The number of hydrogen-bond acceptors (Lipinski definition) is 4. The molecule has 1 aliphatic carbocycles. The Balaban J connectivity index is 1.61. The van der Waals surface area contributed by atoms with Crippen molar-refractivity contribution in [3.8, 4) is 11.3 Å². The molecule has 0 bridgehead atoms. The molecule has 0 radical (unpaired) electrons. The number of hydrogen-bond donors (Lipinski definition) is 2. The van der Waals surface area contributed by atoms with Crippen molar-refractivity contribution in [3.63, 3.8) is 0 Å². The lowest BCUT2D eigenvalue weighted by atomic mass is 10.0. The van der Waals surface area contributed by atoms with E-state index in [4.69, 9.17) is 5.73 Å². The number of primary amides is 1. The number of nitrogens with one attached hydrogen (secondary N) is 1. The zero-order valence-corrected chi connectivity index (χ0v) is 13.8. The molecular weight excluding hydrogens is 329 g/mol. The number of halogens is 1. The molecule has 1 heterocycles. The number of aromatic nitrogens is 1. The van der Waals surface area contributed by atoms with Crippen LogP contribution in [0.15, 0.2) is 29.6 Å². The SMILES string of the molecule is NC(=O)[C@H]1CCC[C@H]1NC(=O)Cc1nc(-c2ccc(F)cc2)cs1. The molecule has 0 saturated heterocycles. The van der Waals surface area contributed by atoms with Crippen LogP contribution >= 0.6 is 11.3 Å². The fraction of sp³-hybridized carbons (Fsp3) is 0.353. The van der Waals surface area contributed by atoms with Crippen LogP contribution in [-0.4, -0.2) is 22.8 Å². The van der Waals surface area contributed by atoms with E-state index in [1.807, 2.05) is 5.38 Å². The quantitative estimate of drug-likeness (QED) is 0.870. The van der Waals surface area contributed by atoms with E-state index in [1.165, 1.54) is 23.5 Å². The van der Waals surface area contributed by atoms with E-state index >= 15 is 0 Å². The number of benzene rings is 1. The average Bonchev–Trinajstić information content (AvgIpc) is 3.17. The lowest BCUT2D eigenvalue weighted by Gasteiger charge is -2.17. The van der Waals surface area contributed by atoms with Crippen molar-refractivity contribution < 1.29 is 14.0 Å². The third-order valence-electron chi connectivity index (χ3n) is 4.23. The van der Waals surface area contributed by atoms with Crippen LogP contribution < -0.4 is 11.1 Å². The number of nitrogens with zero attached hydrogens (tertiary/aromatic N) is 1. The first kappa shape index (κ1) is 16.6. The second-order valence-electron chi connectivity index (χ2n) is 5.92. The van der Waals surface area contributed by atoms with Crippen LogP contribution in [0.25, 0.3) is 11.3 Å². The molecule has 1 fully saturated rings. The Morgan fingerprint density at radius 3 is 2.75 bits per heavy atom. The Kier molecular flexibility index (Phi) is 4.89. The van der Waals surface area contributed by atoms with Crippen molar-refractivity contribution in [3.05, 3.63) is 40.5 Å². The summed E-state index contributed by atoms with van der Waals surface area (Å²) in [4.78, 5) is 28.0. The molecule has 1 aromatic carbocycles. The van der Waals surface area contributed by atoms with Crippen molar-refractivity contribution in [1.29, 1.82) is 0 Å². The van der Waals surface area contributed by atoms with Gasteiger partial charge < -0.3 is 11.1 Å². The van der Waals surface area contributed by atoms with Crippen LogP contribution in [0, 0.1) is 11.7 Å². The van der Waals surface area contributed by atoms with E-state index in [0.717, 1.165) is 30.5 Å². The monoisotopic (exact) mass is 347 g/mol. The highest BCUT2D eigenvalue weighted by molar-refractivity contribution is 7.10. The first-order valence-corrected chi connectivity index (χ1v) is 8.70. The zero-order valence-electron chi connectivity index (χ0n) is 13.0. The van der Waals surface area contributed by atoms with Crippen molar-refractivity contribution >= 4 is 23.2 Å². The van der Waals surface area contributed by atoms with Gasteiger partial charge in [0.2, 0.25) is 11.8 Å². The van der Waals surface area contributed by atoms with Gasteiger partial charge in [0, 0.05) is 17.0 Å². The molecular formula is C17H18FN3O2S. The molecule has 1 aliphatic rings. The average molecular weight is 347 g/mol. The third-order valence-corrected chi connectivity index (χ3v) is 5.08. The number of nitrogens with two attached hydrogens (primary N) is 1. The Labute approximate surface area is 143 Å². The highest BCUT2D eigenvalue weighted by atomic mass is 32.1. The largest absolute Gasteiger partial charge is 0.369 e.